The Bertz CT molecular complexity index is 413. The van der Waals surface area contributed by atoms with E-state index in [0.29, 0.717) is 0 Å². The molecule has 1 aromatic rings. The first-order valence-corrected chi connectivity index (χ1v) is 6.51. The Morgan fingerprint density at radius 3 is 2.44 bits per heavy atom. The van der Waals surface area contributed by atoms with Gasteiger partial charge in [-0.15, -0.1) is 0 Å². The van der Waals surface area contributed by atoms with Crippen LogP contribution >= 0.6 is 0 Å². The van der Waals surface area contributed by atoms with E-state index in [1.807, 2.05) is 46.8 Å². The van der Waals surface area contributed by atoms with E-state index in [-0.39, 0.29) is 4.75 Å². The normalized spacial score (nSPS) is 15.2. The highest BCUT2D eigenvalue weighted by atomic mass is 32.2. The molecule has 0 bridgehead atoms. The summed E-state index contributed by atoms with van der Waals surface area (Å²) in [5, 5.41) is 0. The molecule has 0 aromatic carbocycles. The summed E-state index contributed by atoms with van der Waals surface area (Å²) >= 11 is 0. The highest BCUT2D eigenvalue weighted by Crippen LogP contribution is 2.16. The van der Waals surface area contributed by atoms with Crippen molar-refractivity contribution < 1.29 is 8.63 Å². The minimum absolute atomic E-state index is 0.331. The number of aryl methyl sites for hydroxylation is 1. The van der Waals surface area contributed by atoms with Crippen molar-refractivity contribution >= 4 is 16.7 Å². The molecule has 16 heavy (non-hydrogen) atoms. The van der Waals surface area contributed by atoms with Crippen LogP contribution in [0.5, 0.6) is 0 Å². The summed E-state index contributed by atoms with van der Waals surface area (Å²) in [5.41, 5.74) is 0.765. The molecule has 0 aliphatic heterocycles. The van der Waals surface area contributed by atoms with Crippen molar-refractivity contribution in [3.05, 3.63) is 23.7 Å². The van der Waals surface area contributed by atoms with Gasteiger partial charge in [0.15, 0.2) is 0 Å². The van der Waals surface area contributed by atoms with E-state index in [1.54, 1.807) is 0 Å². The maximum Gasteiger partial charge on any atom is 0.149 e. The van der Waals surface area contributed by atoms with Gasteiger partial charge in [-0.05, 0) is 46.2 Å². The fourth-order valence-corrected chi connectivity index (χ4v) is 1.80. The Labute approximate surface area is 99.6 Å². The highest BCUT2D eigenvalue weighted by molar-refractivity contribution is 7.85. The number of nitrogens with zero attached hydrogens (tertiary/aromatic N) is 1. The fourth-order valence-electron chi connectivity index (χ4n) is 1.11. The van der Waals surface area contributed by atoms with Crippen molar-refractivity contribution in [1.29, 1.82) is 0 Å². The fraction of sp³-hybridized carbons (Fsp3) is 0.583. The SMILES string of the molecule is CC/C(=N\[S@](=O)C(C)(C)C)c1ccc(C)o1. The molecule has 0 amide bonds. The van der Waals surface area contributed by atoms with Crippen LogP contribution in [0.2, 0.25) is 0 Å². The average Bonchev–Trinajstić information content (AvgIpc) is 2.59. The van der Waals surface area contributed by atoms with Crippen LogP contribution in [0, 0.1) is 6.92 Å². The van der Waals surface area contributed by atoms with Gasteiger partial charge in [0.05, 0.1) is 10.5 Å². The molecule has 4 heteroatoms. The molecular formula is C12H19NO2S. The lowest BCUT2D eigenvalue weighted by atomic mass is 10.2. The van der Waals surface area contributed by atoms with Crippen molar-refractivity contribution in [2.24, 2.45) is 4.40 Å². The smallest absolute Gasteiger partial charge is 0.149 e. The lowest BCUT2D eigenvalue weighted by Gasteiger charge is -2.14. The summed E-state index contributed by atoms with van der Waals surface area (Å²) in [6.07, 6.45) is 0.717. The van der Waals surface area contributed by atoms with Gasteiger partial charge in [-0.1, -0.05) is 6.92 Å². The maximum absolute atomic E-state index is 11.9. The van der Waals surface area contributed by atoms with Gasteiger partial charge in [-0.2, -0.15) is 4.40 Å². The van der Waals surface area contributed by atoms with Gasteiger partial charge < -0.3 is 4.42 Å². The minimum atomic E-state index is -1.23. The molecule has 0 aliphatic carbocycles. The van der Waals surface area contributed by atoms with E-state index >= 15 is 0 Å². The van der Waals surface area contributed by atoms with Gasteiger partial charge in [0, 0.05) is 0 Å². The molecule has 1 atom stereocenters. The second-order valence-electron chi connectivity index (χ2n) is 4.66. The molecule has 3 nitrogen and oxygen atoms in total. The predicted octanol–water partition coefficient (Wildman–Crippen LogP) is 3.25. The molecule has 0 unspecified atom stereocenters. The molecule has 1 heterocycles. The van der Waals surface area contributed by atoms with Crippen molar-refractivity contribution in [2.75, 3.05) is 0 Å². The Morgan fingerprint density at radius 2 is 2.06 bits per heavy atom. The van der Waals surface area contributed by atoms with Crippen LogP contribution in [-0.2, 0) is 11.0 Å². The van der Waals surface area contributed by atoms with Crippen molar-refractivity contribution in [1.82, 2.24) is 0 Å². The largest absolute Gasteiger partial charge is 0.460 e. The van der Waals surface area contributed by atoms with Gasteiger partial charge in [-0.25, -0.2) is 4.21 Å². The molecule has 0 saturated carbocycles. The third kappa shape index (κ3) is 3.30. The van der Waals surface area contributed by atoms with Crippen LogP contribution in [0.3, 0.4) is 0 Å². The third-order valence-corrected chi connectivity index (χ3v) is 3.51. The molecule has 0 spiro atoms. The highest BCUT2D eigenvalue weighted by Gasteiger charge is 2.20. The number of hydrogen-bond acceptors (Lipinski definition) is 2. The zero-order valence-corrected chi connectivity index (χ0v) is 11.4. The first-order chi connectivity index (χ1) is 7.34. The minimum Gasteiger partial charge on any atom is -0.460 e. The molecule has 0 N–H and O–H groups in total. The molecule has 90 valence electrons. The van der Waals surface area contributed by atoms with Gasteiger partial charge in [0.1, 0.15) is 22.5 Å². The Morgan fingerprint density at radius 1 is 1.44 bits per heavy atom. The summed E-state index contributed by atoms with van der Waals surface area (Å²) in [7, 11) is -1.23. The van der Waals surface area contributed by atoms with E-state index in [2.05, 4.69) is 4.40 Å². The molecule has 0 fully saturated rings. The van der Waals surface area contributed by atoms with Crippen LogP contribution in [0.1, 0.15) is 45.6 Å². The molecule has 1 aromatic heterocycles. The molecular weight excluding hydrogens is 222 g/mol. The standard InChI is InChI=1S/C12H19NO2S/c1-6-10(11-8-7-9(2)15-11)13-16(14)12(3,4)5/h7-8H,6H2,1-5H3/b13-10+/t16-/m1/s1. The third-order valence-electron chi connectivity index (χ3n) is 2.08. The lowest BCUT2D eigenvalue weighted by molar-refractivity contribution is 0.524. The molecule has 1 rings (SSSR count). The summed E-state index contributed by atoms with van der Waals surface area (Å²) in [6, 6.07) is 3.76. The Hall–Kier alpha value is -0.900. The first-order valence-electron chi connectivity index (χ1n) is 5.41. The van der Waals surface area contributed by atoms with Crippen LogP contribution in [0.15, 0.2) is 20.9 Å². The lowest BCUT2D eigenvalue weighted by Crippen LogP contribution is -2.21. The monoisotopic (exact) mass is 241 g/mol. The van der Waals surface area contributed by atoms with Crippen LogP contribution in [-0.4, -0.2) is 14.7 Å². The van der Waals surface area contributed by atoms with Crippen LogP contribution in [0.25, 0.3) is 0 Å². The van der Waals surface area contributed by atoms with E-state index in [9.17, 15) is 4.21 Å². The summed E-state index contributed by atoms with van der Waals surface area (Å²) in [5.74, 6) is 1.57. The topological polar surface area (TPSA) is 42.6 Å². The van der Waals surface area contributed by atoms with E-state index < -0.39 is 11.0 Å². The van der Waals surface area contributed by atoms with E-state index in [4.69, 9.17) is 4.42 Å². The van der Waals surface area contributed by atoms with E-state index in [1.165, 1.54) is 0 Å². The first kappa shape index (κ1) is 13.2. The zero-order valence-electron chi connectivity index (χ0n) is 10.5. The maximum atomic E-state index is 11.9. The number of hydrogen-bond donors (Lipinski definition) is 0. The number of furan rings is 1. The molecule has 0 aliphatic rings. The Kier molecular flexibility index (Phi) is 4.08. The average molecular weight is 241 g/mol. The van der Waals surface area contributed by atoms with Gasteiger partial charge in [-0.3, -0.25) is 0 Å². The predicted molar refractivity (Wildman–Crippen MR) is 68.2 cm³/mol. The van der Waals surface area contributed by atoms with Gasteiger partial charge >= 0.3 is 0 Å². The van der Waals surface area contributed by atoms with E-state index in [0.717, 1.165) is 23.7 Å². The summed E-state index contributed by atoms with van der Waals surface area (Å²) < 4.78 is 21.3. The quantitative estimate of drug-likeness (QED) is 0.762. The Balaban J connectivity index is 2.99. The van der Waals surface area contributed by atoms with Gasteiger partial charge in [0.2, 0.25) is 0 Å². The van der Waals surface area contributed by atoms with Crippen LogP contribution in [0.4, 0.5) is 0 Å². The van der Waals surface area contributed by atoms with Crippen molar-refractivity contribution in [3.8, 4) is 0 Å². The molecule has 0 radical (unpaired) electrons. The molecule has 0 saturated heterocycles. The van der Waals surface area contributed by atoms with Crippen molar-refractivity contribution in [2.45, 2.75) is 45.8 Å². The summed E-state index contributed by atoms with van der Waals surface area (Å²) in [6.45, 7) is 9.60. The zero-order chi connectivity index (χ0) is 12.3. The second kappa shape index (κ2) is 4.95. The van der Waals surface area contributed by atoms with Crippen molar-refractivity contribution in [3.63, 3.8) is 0 Å². The van der Waals surface area contributed by atoms with Gasteiger partial charge in [0.25, 0.3) is 0 Å². The number of rotatable bonds is 3. The second-order valence-corrected chi connectivity index (χ2v) is 6.57. The summed E-state index contributed by atoms with van der Waals surface area (Å²) in [4.78, 5) is 0. The van der Waals surface area contributed by atoms with Crippen LogP contribution < -0.4 is 0 Å².